The van der Waals surface area contributed by atoms with Crippen molar-refractivity contribution >= 4 is 29.0 Å². The van der Waals surface area contributed by atoms with E-state index in [0.717, 1.165) is 22.4 Å². The molecule has 3 heterocycles. The number of carbonyl (C=O) groups is 1. The standard InChI is InChI=1S/C28H32N8O3/c1-28(2,3)18-7-16-8-19(11-18)32-27-30-12-21(26(37)29-4)25(34-27)33-22-10-17(14-39-13-16)9-20(23(22)38-6)24-31-15-36(5)35-24/h7-12,15H,13-14H2,1-6H3,(H,29,37)(H2,30,32,33,34). The second kappa shape index (κ2) is 10.3. The number of amides is 1. The van der Waals surface area contributed by atoms with Crippen molar-refractivity contribution in [3.8, 4) is 17.1 Å². The van der Waals surface area contributed by atoms with E-state index in [1.54, 1.807) is 32.2 Å². The van der Waals surface area contributed by atoms with Crippen LogP contribution in [0.1, 0.15) is 47.8 Å². The lowest BCUT2D eigenvalue weighted by molar-refractivity contribution is 0.0963. The third-order valence-electron chi connectivity index (χ3n) is 6.36. The number of nitrogens with zero attached hydrogens (tertiary/aromatic N) is 5. The lowest BCUT2D eigenvalue weighted by atomic mass is 9.86. The third-order valence-corrected chi connectivity index (χ3v) is 6.36. The fraction of sp³-hybridized carbons (Fsp3) is 0.321. The van der Waals surface area contributed by atoms with Crippen molar-refractivity contribution in [3.63, 3.8) is 0 Å². The van der Waals surface area contributed by atoms with E-state index in [-0.39, 0.29) is 16.9 Å². The molecule has 0 aliphatic carbocycles. The first-order chi connectivity index (χ1) is 18.6. The molecule has 1 aliphatic heterocycles. The lowest BCUT2D eigenvalue weighted by Gasteiger charge is -2.22. The largest absolute Gasteiger partial charge is 0.494 e. The van der Waals surface area contributed by atoms with E-state index in [2.05, 4.69) is 63.9 Å². The van der Waals surface area contributed by atoms with E-state index < -0.39 is 0 Å². The Morgan fingerprint density at radius 2 is 1.85 bits per heavy atom. The summed E-state index contributed by atoms with van der Waals surface area (Å²) in [6, 6.07) is 10.1. The summed E-state index contributed by atoms with van der Waals surface area (Å²) >= 11 is 0. The summed E-state index contributed by atoms with van der Waals surface area (Å²) in [4.78, 5) is 26.3. The number of rotatable bonds is 3. The third kappa shape index (κ3) is 5.53. The van der Waals surface area contributed by atoms with Crippen molar-refractivity contribution in [2.45, 2.75) is 39.4 Å². The molecule has 11 nitrogen and oxygen atoms in total. The maximum absolute atomic E-state index is 12.7. The van der Waals surface area contributed by atoms with Crippen LogP contribution in [-0.2, 0) is 30.4 Å². The Labute approximate surface area is 227 Å². The van der Waals surface area contributed by atoms with Crippen molar-refractivity contribution in [3.05, 3.63) is 65.1 Å². The molecule has 0 fully saturated rings. The van der Waals surface area contributed by atoms with Crippen molar-refractivity contribution in [2.24, 2.45) is 7.05 Å². The number of ether oxygens (including phenoxy) is 2. The van der Waals surface area contributed by atoms with Gasteiger partial charge in [0, 0.05) is 26.0 Å². The van der Waals surface area contributed by atoms with Gasteiger partial charge in [0.25, 0.3) is 5.91 Å². The maximum Gasteiger partial charge on any atom is 0.256 e. The number of benzene rings is 2. The number of aryl methyl sites for hydroxylation is 1. The molecule has 39 heavy (non-hydrogen) atoms. The molecule has 1 amide bonds. The van der Waals surface area contributed by atoms with Crippen LogP contribution in [0.15, 0.2) is 42.9 Å². The predicted molar refractivity (Wildman–Crippen MR) is 149 cm³/mol. The highest BCUT2D eigenvalue weighted by Crippen LogP contribution is 2.39. The number of methoxy groups -OCH3 is 1. The second-order valence-electron chi connectivity index (χ2n) is 10.4. The van der Waals surface area contributed by atoms with Gasteiger partial charge < -0.3 is 25.4 Å². The van der Waals surface area contributed by atoms with Crippen molar-refractivity contribution in [2.75, 3.05) is 24.8 Å². The van der Waals surface area contributed by atoms with Gasteiger partial charge in [-0.2, -0.15) is 10.1 Å². The molecule has 11 heteroatoms. The molecule has 0 saturated carbocycles. The molecule has 0 saturated heterocycles. The molecule has 202 valence electrons. The van der Waals surface area contributed by atoms with Crippen LogP contribution in [0.2, 0.25) is 0 Å². The smallest absolute Gasteiger partial charge is 0.256 e. The van der Waals surface area contributed by atoms with Crippen molar-refractivity contribution in [1.29, 1.82) is 0 Å². The second-order valence-corrected chi connectivity index (χ2v) is 10.4. The topological polar surface area (TPSA) is 128 Å². The van der Waals surface area contributed by atoms with Crippen LogP contribution in [0, 0.1) is 0 Å². The zero-order chi connectivity index (χ0) is 27.7. The Kier molecular flexibility index (Phi) is 6.92. The van der Waals surface area contributed by atoms with E-state index in [4.69, 9.17) is 14.5 Å². The summed E-state index contributed by atoms with van der Waals surface area (Å²) in [6.45, 7) is 7.23. The van der Waals surface area contributed by atoms with Crippen molar-refractivity contribution < 1.29 is 14.3 Å². The zero-order valence-electron chi connectivity index (χ0n) is 22.9. The molecule has 1 aliphatic rings. The number of aromatic nitrogens is 5. The molecule has 2 aromatic heterocycles. The van der Waals surface area contributed by atoms with Crippen LogP contribution in [0.3, 0.4) is 0 Å². The first-order valence-electron chi connectivity index (χ1n) is 12.6. The molecule has 3 N–H and O–H groups in total. The zero-order valence-corrected chi connectivity index (χ0v) is 22.9. The number of anilines is 4. The molecule has 0 radical (unpaired) electrons. The van der Waals surface area contributed by atoms with Gasteiger partial charge >= 0.3 is 0 Å². The summed E-state index contributed by atoms with van der Waals surface area (Å²) in [6.07, 6.45) is 3.13. The lowest BCUT2D eigenvalue weighted by Crippen LogP contribution is -2.20. The van der Waals surface area contributed by atoms with Crippen LogP contribution >= 0.6 is 0 Å². The molecule has 6 bridgehead atoms. The van der Waals surface area contributed by atoms with Gasteiger partial charge in [-0.3, -0.25) is 9.48 Å². The first kappa shape index (κ1) is 26.1. The molecular formula is C28H32N8O3. The Hall–Kier alpha value is -4.51. The molecule has 0 spiro atoms. The summed E-state index contributed by atoms with van der Waals surface area (Å²) < 4.78 is 13.6. The number of carbonyl (C=O) groups excluding carboxylic acids is 1. The van der Waals surface area contributed by atoms with E-state index in [1.165, 1.54) is 6.20 Å². The first-order valence-corrected chi connectivity index (χ1v) is 12.6. The fourth-order valence-corrected chi connectivity index (χ4v) is 4.38. The Balaban J connectivity index is 1.69. The van der Waals surface area contributed by atoms with E-state index in [1.807, 2.05) is 18.2 Å². The van der Waals surface area contributed by atoms with E-state index in [9.17, 15) is 4.79 Å². The predicted octanol–water partition coefficient (Wildman–Crippen LogP) is 4.46. The van der Waals surface area contributed by atoms with Crippen LogP contribution in [0.25, 0.3) is 11.4 Å². The molecule has 5 rings (SSSR count). The fourth-order valence-electron chi connectivity index (χ4n) is 4.38. The van der Waals surface area contributed by atoms with E-state index >= 15 is 0 Å². The average molecular weight is 529 g/mol. The Morgan fingerprint density at radius 3 is 2.51 bits per heavy atom. The molecule has 4 aromatic rings. The number of hydrogen-bond acceptors (Lipinski definition) is 9. The highest BCUT2D eigenvalue weighted by molar-refractivity contribution is 5.99. The van der Waals surface area contributed by atoms with Crippen LogP contribution in [0.4, 0.5) is 23.1 Å². The van der Waals surface area contributed by atoms with Gasteiger partial charge in [-0.15, -0.1) is 0 Å². The highest BCUT2D eigenvalue weighted by atomic mass is 16.5. The number of hydrogen-bond donors (Lipinski definition) is 3. The molecule has 0 unspecified atom stereocenters. The normalized spacial score (nSPS) is 13.1. The minimum atomic E-state index is -0.327. The van der Waals surface area contributed by atoms with Crippen LogP contribution < -0.4 is 20.7 Å². The summed E-state index contributed by atoms with van der Waals surface area (Å²) in [5.41, 5.74) is 5.33. The Bertz CT molecular complexity index is 1540. The maximum atomic E-state index is 12.7. The highest BCUT2D eigenvalue weighted by Gasteiger charge is 2.22. The van der Waals surface area contributed by atoms with Crippen molar-refractivity contribution in [1.82, 2.24) is 30.0 Å². The molecular weight excluding hydrogens is 496 g/mol. The monoisotopic (exact) mass is 528 g/mol. The molecule has 2 aromatic carbocycles. The quantitative estimate of drug-likeness (QED) is 0.353. The minimum Gasteiger partial charge on any atom is -0.494 e. The minimum absolute atomic E-state index is 0.0794. The van der Waals surface area contributed by atoms with E-state index in [0.29, 0.717) is 47.8 Å². The summed E-state index contributed by atoms with van der Waals surface area (Å²) in [7, 11) is 4.94. The van der Waals surface area contributed by atoms with Gasteiger partial charge in [0.15, 0.2) is 11.6 Å². The van der Waals surface area contributed by atoms with Gasteiger partial charge in [-0.1, -0.05) is 26.8 Å². The van der Waals surface area contributed by atoms with Gasteiger partial charge in [-0.25, -0.2) is 9.97 Å². The average Bonchev–Trinajstić information content (AvgIpc) is 3.33. The number of nitrogens with one attached hydrogen (secondary N) is 3. The van der Waals surface area contributed by atoms with Crippen LogP contribution in [-0.4, -0.2) is 44.8 Å². The van der Waals surface area contributed by atoms with Gasteiger partial charge in [0.1, 0.15) is 17.7 Å². The van der Waals surface area contributed by atoms with Gasteiger partial charge in [0.2, 0.25) is 5.95 Å². The summed E-state index contributed by atoms with van der Waals surface area (Å²) in [5.74, 6) is 1.33. The van der Waals surface area contributed by atoms with Gasteiger partial charge in [0.05, 0.1) is 31.6 Å². The SMILES string of the molecule is CNC(=O)c1cnc2nc1Nc1cc(cc(-c3ncn(C)n3)c1OC)COCc1cc(cc(C(C)(C)C)c1)N2. The van der Waals surface area contributed by atoms with Gasteiger partial charge in [-0.05, 0) is 46.4 Å². The molecule has 0 atom stereocenters. The number of fused-ring (bicyclic) bond motifs is 6. The van der Waals surface area contributed by atoms with Crippen LogP contribution in [0.5, 0.6) is 5.75 Å². The Morgan fingerprint density at radius 1 is 1.08 bits per heavy atom. The summed E-state index contributed by atoms with van der Waals surface area (Å²) in [5, 5.41) is 13.7.